The van der Waals surface area contributed by atoms with Crippen molar-refractivity contribution >= 4 is 5.91 Å². The molecule has 6 nitrogen and oxygen atoms in total. The van der Waals surface area contributed by atoms with Gasteiger partial charge in [0.2, 0.25) is 0 Å². The molecule has 1 atom stereocenters. The molecule has 2 aromatic rings. The third-order valence-electron chi connectivity index (χ3n) is 4.97. The van der Waals surface area contributed by atoms with Gasteiger partial charge in [0, 0.05) is 13.0 Å². The number of likely N-dealkylation sites (N-methyl/N-ethyl adjacent to an activating group) is 1. The second-order valence-electron chi connectivity index (χ2n) is 8.49. The number of nitrogens with zero attached hydrogens (tertiary/aromatic N) is 3. The van der Waals surface area contributed by atoms with Crippen molar-refractivity contribution in [3.05, 3.63) is 41.7 Å². The predicted molar refractivity (Wildman–Crippen MR) is 103 cm³/mol. The lowest BCUT2D eigenvalue weighted by atomic mass is 10.1. The summed E-state index contributed by atoms with van der Waals surface area (Å²) in [7, 11) is 1.81. The molecule has 1 aromatic heterocycles. The molecule has 1 aliphatic carbocycles. The van der Waals surface area contributed by atoms with E-state index in [2.05, 4.69) is 20.8 Å². The minimum atomic E-state index is -0.248. The zero-order valence-corrected chi connectivity index (χ0v) is 16.4. The lowest BCUT2D eigenvalue weighted by molar-refractivity contribution is 0.0509. The lowest BCUT2D eigenvalue weighted by Crippen LogP contribution is -2.43. The number of fused-ring (bicyclic) bond motifs is 1. The maximum absolute atomic E-state index is 13.2. The molecule has 0 radical (unpaired) electrons. The van der Waals surface area contributed by atoms with E-state index in [1.54, 1.807) is 4.90 Å². The van der Waals surface area contributed by atoms with Crippen molar-refractivity contribution in [2.24, 2.45) is 0 Å². The van der Waals surface area contributed by atoms with Gasteiger partial charge in [-0.1, -0.05) is 12.1 Å². The van der Waals surface area contributed by atoms with E-state index in [0.717, 1.165) is 30.0 Å². The van der Waals surface area contributed by atoms with Gasteiger partial charge in [-0.05, 0) is 51.8 Å². The average Bonchev–Trinajstić information content (AvgIpc) is 3.38. The van der Waals surface area contributed by atoms with Crippen LogP contribution in [0.4, 0.5) is 0 Å². The molecule has 1 amide bonds. The largest absolute Gasteiger partial charge is 0.486 e. The number of carbonyl (C=O) groups excluding carboxylic acids is 1. The number of hydrogen-bond donors (Lipinski definition) is 0. The minimum absolute atomic E-state index is 0.0354. The van der Waals surface area contributed by atoms with E-state index >= 15 is 0 Å². The number of amides is 1. The molecule has 2 heterocycles. The Balaban J connectivity index is 1.50. The summed E-state index contributed by atoms with van der Waals surface area (Å²) in [4.78, 5) is 14.9. The minimum Gasteiger partial charge on any atom is -0.486 e. The Bertz CT molecular complexity index is 849. The number of para-hydroxylation sites is 2. The van der Waals surface area contributed by atoms with Gasteiger partial charge in [0.15, 0.2) is 17.6 Å². The van der Waals surface area contributed by atoms with E-state index in [1.165, 1.54) is 0 Å². The quantitative estimate of drug-likeness (QED) is 0.829. The molecular formula is C21H27N3O3. The molecule has 1 saturated carbocycles. The van der Waals surface area contributed by atoms with Crippen molar-refractivity contribution in [1.82, 2.24) is 14.7 Å². The maximum Gasteiger partial charge on any atom is 0.272 e. The van der Waals surface area contributed by atoms with Gasteiger partial charge in [0.25, 0.3) is 5.91 Å². The van der Waals surface area contributed by atoms with Crippen LogP contribution in [0.5, 0.6) is 11.5 Å². The van der Waals surface area contributed by atoms with Crippen molar-refractivity contribution in [3.63, 3.8) is 0 Å². The molecule has 0 bridgehead atoms. The van der Waals surface area contributed by atoms with Crippen molar-refractivity contribution in [2.75, 3.05) is 20.2 Å². The average molecular weight is 369 g/mol. The molecule has 6 heteroatoms. The van der Waals surface area contributed by atoms with Crippen LogP contribution in [0.25, 0.3) is 0 Å². The molecule has 27 heavy (non-hydrogen) atoms. The Morgan fingerprint density at radius 2 is 1.96 bits per heavy atom. The SMILES string of the molecule is CN(C[C@@H]1COc2ccccc2O1)C(=O)c1cc(C2CC2)nn1C(C)(C)C. The summed E-state index contributed by atoms with van der Waals surface area (Å²) < 4.78 is 13.6. The summed E-state index contributed by atoms with van der Waals surface area (Å²) in [5.74, 6) is 1.96. The van der Waals surface area contributed by atoms with E-state index in [9.17, 15) is 4.79 Å². The number of rotatable bonds is 4. The van der Waals surface area contributed by atoms with E-state index in [4.69, 9.17) is 14.6 Å². The smallest absolute Gasteiger partial charge is 0.272 e. The molecule has 144 valence electrons. The fraction of sp³-hybridized carbons (Fsp3) is 0.524. The number of carbonyl (C=O) groups is 1. The van der Waals surface area contributed by atoms with Gasteiger partial charge in [-0.15, -0.1) is 0 Å². The first-order valence-electron chi connectivity index (χ1n) is 9.57. The molecule has 0 unspecified atom stereocenters. The molecular weight excluding hydrogens is 342 g/mol. The summed E-state index contributed by atoms with van der Waals surface area (Å²) in [6, 6.07) is 9.58. The summed E-state index contributed by atoms with van der Waals surface area (Å²) in [6.07, 6.45) is 2.14. The van der Waals surface area contributed by atoms with Crippen LogP contribution in [0.3, 0.4) is 0 Å². The van der Waals surface area contributed by atoms with Crippen molar-refractivity contribution < 1.29 is 14.3 Å². The molecule has 2 aliphatic rings. The molecule has 4 rings (SSSR count). The molecule has 0 spiro atoms. The number of hydrogen-bond acceptors (Lipinski definition) is 4. The first-order chi connectivity index (χ1) is 12.8. The first kappa shape index (κ1) is 17.9. The van der Waals surface area contributed by atoms with Crippen molar-refractivity contribution in [1.29, 1.82) is 0 Å². The van der Waals surface area contributed by atoms with Gasteiger partial charge in [0.1, 0.15) is 12.3 Å². The fourth-order valence-corrected chi connectivity index (χ4v) is 3.38. The second kappa shape index (κ2) is 6.59. The van der Waals surface area contributed by atoms with Crippen LogP contribution in [0.2, 0.25) is 0 Å². The highest BCUT2D eigenvalue weighted by Gasteiger charge is 2.33. The Kier molecular flexibility index (Phi) is 4.36. The van der Waals surface area contributed by atoms with Crippen LogP contribution in [-0.2, 0) is 5.54 Å². The summed E-state index contributed by atoms with van der Waals surface area (Å²) in [6.45, 7) is 7.11. The predicted octanol–water partition coefficient (Wildman–Crippen LogP) is 3.43. The number of benzene rings is 1. The zero-order chi connectivity index (χ0) is 19.2. The van der Waals surface area contributed by atoms with Gasteiger partial charge >= 0.3 is 0 Å². The Labute approximate surface area is 160 Å². The normalized spacial score (nSPS) is 19.0. The molecule has 1 aliphatic heterocycles. The Morgan fingerprint density at radius 1 is 1.26 bits per heavy atom. The molecule has 1 fully saturated rings. The topological polar surface area (TPSA) is 56.6 Å². The van der Waals surface area contributed by atoms with Gasteiger partial charge in [-0.25, -0.2) is 0 Å². The summed E-state index contributed by atoms with van der Waals surface area (Å²) >= 11 is 0. The maximum atomic E-state index is 13.2. The number of ether oxygens (including phenoxy) is 2. The van der Waals surface area contributed by atoms with E-state index in [-0.39, 0.29) is 17.6 Å². The Hall–Kier alpha value is -2.50. The number of aromatic nitrogens is 2. The molecule has 1 aromatic carbocycles. The van der Waals surface area contributed by atoms with Crippen LogP contribution in [0, 0.1) is 0 Å². The molecule has 0 N–H and O–H groups in total. The van der Waals surface area contributed by atoms with Gasteiger partial charge < -0.3 is 14.4 Å². The second-order valence-corrected chi connectivity index (χ2v) is 8.49. The zero-order valence-electron chi connectivity index (χ0n) is 16.4. The highest BCUT2D eigenvalue weighted by molar-refractivity contribution is 5.92. The Morgan fingerprint density at radius 3 is 2.63 bits per heavy atom. The fourth-order valence-electron chi connectivity index (χ4n) is 3.38. The summed E-state index contributed by atoms with van der Waals surface area (Å²) in [5.41, 5.74) is 1.43. The van der Waals surface area contributed by atoms with Gasteiger partial charge in [-0.2, -0.15) is 5.10 Å². The standard InChI is InChI=1S/C21H27N3O3/c1-21(2,3)24-17(11-16(22-24)14-9-10-14)20(25)23(4)12-15-13-26-18-7-5-6-8-19(18)27-15/h5-8,11,14-15H,9-10,12-13H2,1-4H3/t15-/m1/s1. The highest BCUT2D eigenvalue weighted by atomic mass is 16.6. The van der Waals surface area contributed by atoms with Gasteiger partial charge in [0.05, 0.1) is 17.8 Å². The highest BCUT2D eigenvalue weighted by Crippen LogP contribution is 2.40. The van der Waals surface area contributed by atoms with E-state index in [0.29, 0.717) is 24.8 Å². The third kappa shape index (κ3) is 3.66. The van der Waals surface area contributed by atoms with Crippen LogP contribution in [-0.4, -0.2) is 46.9 Å². The van der Waals surface area contributed by atoms with E-state index < -0.39 is 0 Å². The van der Waals surface area contributed by atoms with Crippen molar-refractivity contribution in [2.45, 2.75) is 51.2 Å². The van der Waals surface area contributed by atoms with Crippen LogP contribution in [0.15, 0.2) is 30.3 Å². The molecule has 0 saturated heterocycles. The van der Waals surface area contributed by atoms with Crippen molar-refractivity contribution in [3.8, 4) is 11.5 Å². The lowest BCUT2D eigenvalue weighted by Gasteiger charge is -2.30. The monoisotopic (exact) mass is 369 g/mol. The third-order valence-corrected chi connectivity index (χ3v) is 4.97. The van der Waals surface area contributed by atoms with Crippen LogP contribution < -0.4 is 9.47 Å². The van der Waals surface area contributed by atoms with Crippen LogP contribution in [0.1, 0.15) is 55.7 Å². The first-order valence-corrected chi connectivity index (χ1v) is 9.57. The van der Waals surface area contributed by atoms with Crippen LogP contribution >= 0.6 is 0 Å². The summed E-state index contributed by atoms with van der Waals surface area (Å²) in [5, 5.41) is 4.74. The van der Waals surface area contributed by atoms with Gasteiger partial charge in [-0.3, -0.25) is 9.48 Å². The van der Waals surface area contributed by atoms with E-state index in [1.807, 2.05) is 42.1 Å².